The zero-order valence-corrected chi connectivity index (χ0v) is 16.6. The summed E-state index contributed by atoms with van der Waals surface area (Å²) in [5.41, 5.74) is 1.41. The molecule has 1 atom stereocenters. The van der Waals surface area contributed by atoms with Crippen LogP contribution in [0.4, 0.5) is 14.9 Å². The van der Waals surface area contributed by atoms with Gasteiger partial charge in [0.05, 0.1) is 28.0 Å². The van der Waals surface area contributed by atoms with Crippen molar-refractivity contribution in [2.24, 2.45) is 0 Å². The largest absolute Gasteiger partial charge is 0.450 e. The van der Waals surface area contributed by atoms with E-state index in [4.69, 9.17) is 4.74 Å². The molecule has 2 heterocycles. The minimum Gasteiger partial charge on any atom is -0.450 e. The van der Waals surface area contributed by atoms with E-state index in [0.29, 0.717) is 22.0 Å². The van der Waals surface area contributed by atoms with Crippen molar-refractivity contribution in [2.75, 3.05) is 17.7 Å². The van der Waals surface area contributed by atoms with Crippen LogP contribution in [0.5, 0.6) is 0 Å². The van der Waals surface area contributed by atoms with E-state index < -0.39 is 22.7 Å². The molecule has 0 radical (unpaired) electrons. The molecule has 3 aromatic rings. The number of nitrogens with zero attached hydrogens (tertiary/aromatic N) is 2. The topological polar surface area (TPSA) is 73.2 Å². The maximum Gasteiger partial charge on any atom is 0.411 e. The second-order valence-corrected chi connectivity index (χ2v) is 7.79. The average molecular weight is 403 g/mol. The van der Waals surface area contributed by atoms with Crippen molar-refractivity contribution in [1.29, 1.82) is 0 Å². The number of fused-ring (bicyclic) bond motifs is 1. The highest BCUT2D eigenvalue weighted by Crippen LogP contribution is 2.24. The lowest BCUT2D eigenvalue weighted by molar-refractivity contribution is 0.168. The highest BCUT2D eigenvalue weighted by atomic mass is 32.2. The smallest absolute Gasteiger partial charge is 0.411 e. The molecular weight excluding hydrogens is 381 g/mol. The predicted octanol–water partition coefficient (Wildman–Crippen LogP) is 4.64. The van der Waals surface area contributed by atoms with Crippen LogP contribution in [-0.4, -0.2) is 32.2 Å². The number of hydrogen-bond acceptors (Lipinski definition) is 4. The Morgan fingerprint density at radius 2 is 2.11 bits per heavy atom. The zero-order chi connectivity index (χ0) is 20.1. The molecule has 3 rings (SSSR count). The van der Waals surface area contributed by atoms with Gasteiger partial charge in [0.2, 0.25) is 0 Å². The van der Waals surface area contributed by atoms with E-state index in [9.17, 15) is 13.4 Å². The van der Waals surface area contributed by atoms with Crippen LogP contribution in [0.15, 0.2) is 47.6 Å². The average Bonchev–Trinajstić information content (AvgIpc) is 3.09. The molecule has 0 aliphatic rings. The molecule has 148 valence electrons. The van der Waals surface area contributed by atoms with Crippen molar-refractivity contribution in [3.63, 3.8) is 0 Å². The molecule has 28 heavy (non-hydrogen) atoms. The summed E-state index contributed by atoms with van der Waals surface area (Å²) in [5, 5.41) is 3.31. The molecule has 0 bridgehead atoms. The summed E-state index contributed by atoms with van der Waals surface area (Å²) in [6.45, 7) is 3.97. The third-order valence-electron chi connectivity index (χ3n) is 4.13. The lowest BCUT2D eigenvalue weighted by Gasteiger charge is -2.10. The molecule has 0 aliphatic heterocycles. The van der Waals surface area contributed by atoms with Crippen molar-refractivity contribution >= 4 is 33.6 Å². The number of carbonyl (C=O) groups excluding carboxylic acids is 1. The summed E-state index contributed by atoms with van der Waals surface area (Å²) >= 11 is 0. The van der Waals surface area contributed by atoms with Crippen molar-refractivity contribution in [3.8, 4) is 5.69 Å². The summed E-state index contributed by atoms with van der Waals surface area (Å²) in [4.78, 5) is 16.7. The van der Waals surface area contributed by atoms with Gasteiger partial charge in [-0.25, -0.2) is 14.2 Å². The summed E-state index contributed by atoms with van der Waals surface area (Å²) in [6.07, 6.45) is 4.60. The van der Waals surface area contributed by atoms with Crippen molar-refractivity contribution in [2.45, 2.75) is 31.6 Å². The van der Waals surface area contributed by atoms with Crippen molar-refractivity contribution < 1.29 is 18.1 Å². The van der Waals surface area contributed by atoms with Crippen LogP contribution in [-0.2, 0) is 15.5 Å². The van der Waals surface area contributed by atoms with Crippen LogP contribution in [0.1, 0.15) is 26.7 Å². The number of pyridine rings is 1. The number of benzene rings is 1. The Kier molecular flexibility index (Phi) is 6.41. The summed E-state index contributed by atoms with van der Waals surface area (Å²) in [6, 6.07) is 7.89. The second-order valence-electron chi connectivity index (χ2n) is 6.22. The van der Waals surface area contributed by atoms with Gasteiger partial charge in [0, 0.05) is 29.2 Å². The first-order valence-electron chi connectivity index (χ1n) is 9.12. The van der Waals surface area contributed by atoms with Gasteiger partial charge in [-0.15, -0.1) is 0 Å². The number of unbranched alkanes of at least 4 members (excludes halogenated alkanes) is 1. The lowest BCUT2D eigenvalue weighted by atomic mass is 10.2. The van der Waals surface area contributed by atoms with Crippen LogP contribution in [0.2, 0.25) is 0 Å². The van der Waals surface area contributed by atoms with Gasteiger partial charge in [-0.3, -0.25) is 9.53 Å². The summed E-state index contributed by atoms with van der Waals surface area (Å²) < 4.78 is 33.0. The van der Waals surface area contributed by atoms with Gasteiger partial charge < -0.3 is 9.30 Å². The molecule has 8 heteroatoms. The van der Waals surface area contributed by atoms with E-state index >= 15 is 0 Å². The number of nitrogens with one attached hydrogen (secondary N) is 1. The Labute approximate surface area is 165 Å². The van der Waals surface area contributed by atoms with E-state index in [0.717, 1.165) is 18.2 Å². The first-order chi connectivity index (χ1) is 13.5. The van der Waals surface area contributed by atoms with Crippen LogP contribution in [0.3, 0.4) is 0 Å². The molecule has 0 fully saturated rings. The molecule has 0 saturated heterocycles. The number of hydrogen-bond donors (Lipinski definition) is 1. The number of aromatic nitrogens is 2. The Hall–Kier alpha value is -2.74. The Morgan fingerprint density at radius 1 is 1.29 bits per heavy atom. The van der Waals surface area contributed by atoms with Crippen LogP contribution < -0.4 is 5.32 Å². The molecule has 1 aromatic carbocycles. The second kappa shape index (κ2) is 8.97. The van der Waals surface area contributed by atoms with Crippen LogP contribution in [0.25, 0.3) is 16.7 Å². The van der Waals surface area contributed by atoms with Gasteiger partial charge in [0.1, 0.15) is 11.5 Å². The Morgan fingerprint density at radius 3 is 2.86 bits per heavy atom. The van der Waals surface area contributed by atoms with E-state index in [1.165, 1.54) is 12.1 Å². The number of rotatable bonds is 7. The molecule has 0 saturated carbocycles. The molecule has 6 nitrogen and oxygen atoms in total. The maximum absolute atomic E-state index is 14.1. The third-order valence-corrected chi connectivity index (χ3v) is 5.54. The molecular formula is C20H22FN3O3S. The zero-order valence-electron chi connectivity index (χ0n) is 15.8. The Balaban J connectivity index is 1.92. The van der Waals surface area contributed by atoms with Crippen molar-refractivity contribution in [1.82, 2.24) is 9.55 Å². The molecule has 1 N–H and O–H groups in total. The fourth-order valence-corrected chi connectivity index (χ4v) is 4.02. The molecule has 0 unspecified atom stereocenters. The predicted molar refractivity (Wildman–Crippen MR) is 108 cm³/mol. The number of halogens is 1. The van der Waals surface area contributed by atoms with Gasteiger partial charge in [-0.1, -0.05) is 13.3 Å². The highest BCUT2D eigenvalue weighted by Gasteiger charge is 2.12. The van der Waals surface area contributed by atoms with E-state index in [2.05, 4.69) is 17.2 Å². The molecule has 1 amide bonds. The third kappa shape index (κ3) is 4.56. The summed E-state index contributed by atoms with van der Waals surface area (Å²) in [5.74, 6) is 0.111. The van der Waals surface area contributed by atoms with E-state index in [1.54, 1.807) is 30.0 Å². The normalized spacial score (nSPS) is 12.1. The van der Waals surface area contributed by atoms with Gasteiger partial charge >= 0.3 is 6.09 Å². The lowest BCUT2D eigenvalue weighted by Crippen LogP contribution is -2.13. The fourth-order valence-electron chi connectivity index (χ4n) is 2.80. The number of ether oxygens (including phenoxy) is 1. The monoisotopic (exact) mass is 403 g/mol. The fraction of sp³-hybridized carbons (Fsp3) is 0.300. The summed E-state index contributed by atoms with van der Waals surface area (Å²) in [7, 11) is -1.08. The van der Waals surface area contributed by atoms with Gasteiger partial charge in [0.25, 0.3) is 0 Å². The van der Waals surface area contributed by atoms with Gasteiger partial charge in [0.15, 0.2) is 0 Å². The Bertz CT molecular complexity index is 1020. The van der Waals surface area contributed by atoms with E-state index in [1.807, 2.05) is 12.1 Å². The van der Waals surface area contributed by atoms with Gasteiger partial charge in [-0.2, -0.15) is 0 Å². The first kappa shape index (κ1) is 20.0. The molecule has 0 aliphatic carbocycles. The SMILES string of the molecule is CCCC[S@@](=O)c1cnc2c(ccn2-c2cc(F)cc(NC(=O)OCC)c2)c1. The van der Waals surface area contributed by atoms with Crippen LogP contribution in [0, 0.1) is 5.82 Å². The van der Waals surface area contributed by atoms with E-state index in [-0.39, 0.29) is 12.3 Å². The maximum atomic E-state index is 14.1. The molecule has 2 aromatic heterocycles. The highest BCUT2D eigenvalue weighted by molar-refractivity contribution is 7.85. The minimum absolute atomic E-state index is 0.224. The van der Waals surface area contributed by atoms with Crippen molar-refractivity contribution in [3.05, 3.63) is 48.5 Å². The van der Waals surface area contributed by atoms with Gasteiger partial charge in [-0.05, 0) is 43.7 Å². The quantitative estimate of drug-likeness (QED) is 0.624. The number of carbonyl (C=O) groups is 1. The number of anilines is 1. The molecule has 0 spiro atoms. The minimum atomic E-state index is -1.08. The first-order valence-corrected chi connectivity index (χ1v) is 10.4. The standard InChI is InChI=1S/C20H22FN3O3S/c1-3-5-8-28(26)18-9-14-6-7-24(19(14)22-13-18)17-11-15(21)10-16(12-17)23-20(25)27-4-2/h6-7,9-13H,3-5,8H2,1-2H3,(H,23,25)/t28-/m1/s1. The number of amides is 1. The van der Waals surface area contributed by atoms with Crippen LogP contribution >= 0.6 is 0 Å².